The number of nitrogens with zero attached hydrogens (tertiary/aromatic N) is 2. The van der Waals surface area contributed by atoms with E-state index in [4.69, 9.17) is 16.3 Å². The molecule has 2 amide bonds. The van der Waals surface area contributed by atoms with Crippen molar-refractivity contribution in [1.82, 2.24) is 10.2 Å². The minimum atomic E-state index is -4.23. The Bertz CT molecular complexity index is 1740. The van der Waals surface area contributed by atoms with Gasteiger partial charge in [-0.3, -0.25) is 13.9 Å². The fourth-order valence-corrected chi connectivity index (χ4v) is 6.58. The van der Waals surface area contributed by atoms with Crippen LogP contribution >= 0.6 is 11.6 Å². The number of hydrogen-bond donors (Lipinski definition) is 1. The van der Waals surface area contributed by atoms with Gasteiger partial charge < -0.3 is 15.0 Å². The van der Waals surface area contributed by atoms with E-state index in [-0.39, 0.29) is 23.8 Å². The highest BCUT2D eigenvalue weighted by atomic mass is 35.5. The quantitative estimate of drug-likeness (QED) is 0.189. The number of hydrogen-bond acceptors (Lipinski definition) is 5. The molecular formula is C36H40ClN3O5S. The molecular weight excluding hydrogens is 622 g/mol. The first-order chi connectivity index (χ1) is 21.8. The van der Waals surface area contributed by atoms with Crippen LogP contribution in [0.4, 0.5) is 5.69 Å². The van der Waals surface area contributed by atoms with E-state index >= 15 is 0 Å². The zero-order chi connectivity index (χ0) is 33.5. The summed E-state index contributed by atoms with van der Waals surface area (Å²) in [7, 11) is -2.73. The van der Waals surface area contributed by atoms with Gasteiger partial charge in [0.15, 0.2) is 0 Å². The first-order valence-electron chi connectivity index (χ1n) is 14.9. The Morgan fingerprint density at radius 3 is 2.09 bits per heavy atom. The molecule has 0 fully saturated rings. The molecule has 0 spiro atoms. The first kappa shape index (κ1) is 34.5. The number of benzene rings is 4. The lowest BCUT2D eigenvalue weighted by Crippen LogP contribution is -2.56. The Labute approximate surface area is 277 Å². The highest BCUT2D eigenvalue weighted by Crippen LogP contribution is 2.27. The normalized spacial score (nSPS) is 12.2. The summed E-state index contributed by atoms with van der Waals surface area (Å²) in [4.78, 5) is 30.0. The average Bonchev–Trinajstić information content (AvgIpc) is 3.01. The predicted octanol–water partition coefficient (Wildman–Crippen LogP) is 6.41. The lowest BCUT2D eigenvalue weighted by atomic mass is 10.0. The van der Waals surface area contributed by atoms with Gasteiger partial charge in [0, 0.05) is 23.5 Å². The average molecular weight is 662 g/mol. The lowest BCUT2D eigenvalue weighted by Gasteiger charge is -2.35. The van der Waals surface area contributed by atoms with Gasteiger partial charge in [0.05, 0.1) is 17.7 Å². The highest BCUT2D eigenvalue weighted by Gasteiger charge is 2.35. The van der Waals surface area contributed by atoms with Crippen LogP contribution in [0.5, 0.6) is 5.75 Å². The monoisotopic (exact) mass is 661 g/mol. The number of ether oxygens (including phenoxy) is 1. The Hall–Kier alpha value is -4.34. The third-order valence-corrected chi connectivity index (χ3v) is 9.28. The number of carbonyl (C=O) groups excluding carboxylic acids is 2. The maximum atomic E-state index is 14.6. The van der Waals surface area contributed by atoms with Crippen LogP contribution in [-0.4, -0.2) is 50.4 Å². The van der Waals surface area contributed by atoms with Gasteiger partial charge in [-0.25, -0.2) is 8.42 Å². The van der Waals surface area contributed by atoms with E-state index in [0.29, 0.717) is 22.0 Å². The van der Waals surface area contributed by atoms with Crippen molar-refractivity contribution < 1.29 is 22.7 Å². The highest BCUT2D eigenvalue weighted by molar-refractivity contribution is 7.92. The van der Waals surface area contributed by atoms with Gasteiger partial charge in [0.1, 0.15) is 18.3 Å². The Balaban J connectivity index is 1.81. The largest absolute Gasteiger partial charge is 0.497 e. The number of sulfonamides is 1. The summed E-state index contributed by atoms with van der Waals surface area (Å²) in [5.41, 5.74) is 2.21. The number of carbonyl (C=O) groups is 2. The zero-order valence-corrected chi connectivity index (χ0v) is 28.3. The summed E-state index contributed by atoms with van der Waals surface area (Å²) in [6, 6.07) is 28.4. The lowest BCUT2D eigenvalue weighted by molar-refractivity contribution is -0.140. The second kappa shape index (κ2) is 14.8. The standard InChI is InChI=1S/C36H40ClN3O5S/c1-26-14-16-30(17-15-26)40(46(43,44)32-20-18-31(45-5)19-21-32)25-34(41)39(24-28-12-9-13-29(37)22-28)33(35(42)38-36(2,3)4)23-27-10-7-6-8-11-27/h6-22,33H,23-25H2,1-5H3,(H,38,42)/t33-/m1/s1. The molecule has 0 aliphatic carbocycles. The van der Waals surface area contributed by atoms with Gasteiger partial charge in [-0.1, -0.05) is 71.8 Å². The van der Waals surface area contributed by atoms with Crippen LogP contribution in [0.25, 0.3) is 0 Å². The second-order valence-electron chi connectivity index (χ2n) is 12.1. The molecule has 4 rings (SSSR count). The van der Waals surface area contributed by atoms with Crippen molar-refractivity contribution in [2.24, 2.45) is 0 Å². The van der Waals surface area contributed by atoms with Crippen molar-refractivity contribution >= 4 is 39.1 Å². The van der Waals surface area contributed by atoms with Crippen LogP contribution in [0.15, 0.2) is 108 Å². The SMILES string of the molecule is COc1ccc(S(=O)(=O)N(CC(=O)N(Cc2cccc(Cl)c2)[C@H](Cc2ccccc2)C(=O)NC(C)(C)C)c2ccc(C)cc2)cc1. The number of nitrogens with one attached hydrogen (secondary N) is 1. The molecule has 1 N–H and O–H groups in total. The Morgan fingerprint density at radius 2 is 1.50 bits per heavy atom. The summed E-state index contributed by atoms with van der Waals surface area (Å²) in [5, 5.41) is 3.51. The molecule has 4 aromatic carbocycles. The van der Waals surface area contributed by atoms with Crippen LogP contribution < -0.4 is 14.4 Å². The number of amides is 2. The van der Waals surface area contributed by atoms with E-state index in [1.807, 2.05) is 64.1 Å². The van der Waals surface area contributed by atoms with Gasteiger partial charge in [0.25, 0.3) is 10.0 Å². The van der Waals surface area contributed by atoms with Crippen LogP contribution in [0.2, 0.25) is 5.02 Å². The van der Waals surface area contributed by atoms with Crippen LogP contribution in [0.3, 0.4) is 0 Å². The third kappa shape index (κ3) is 9.11. The van der Waals surface area contributed by atoms with Crippen molar-refractivity contribution in [2.75, 3.05) is 18.0 Å². The van der Waals surface area contributed by atoms with Crippen LogP contribution in [-0.2, 0) is 32.6 Å². The molecule has 0 bridgehead atoms. The van der Waals surface area contributed by atoms with E-state index in [2.05, 4.69) is 5.32 Å². The summed E-state index contributed by atoms with van der Waals surface area (Å²) >= 11 is 6.31. The Kier molecular flexibility index (Phi) is 11.1. The van der Waals surface area contributed by atoms with Crippen molar-refractivity contribution in [3.63, 3.8) is 0 Å². The zero-order valence-electron chi connectivity index (χ0n) is 26.7. The van der Waals surface area contributed by atoms with Crippen LogP contribution in [0.1, 0.15) is 37.5 Å². The fourth-order valence-electron chi connectivity index (χ4n) is 4.95. The van der Waals surface area contributed by atoms with Gasteiger partial charge in [-0.15, -0.1) is 0 Å². The summed E-state index contributed by atoms with van der Waals surface area (Å²) in [6.45, 7) is 6.98. The number of aryl methyl sites for hydroxylation is 1. The summed E-state index contributed by atoms with van der Waals surface area (Å²) in [5.74, 6) is -0.410. The number of methoxy groups -OCH3 is 1. The van der Waals surface area contributed by atoms with Gasteiger partial charge in [0.2, 0.25) is 11.8 Å². The molecule has 0 aromatic heterocycles. The molecule has 0 aliphatic rings. The van der Waals surface area contributed by atoms with Crippen molar-refractivity contribution in [1.29, 1.82) is 0 Å². The molecule has 10 heteroatoms. The minimum absolute atomic E-state index is 0.00521. The van der Waals surface area contributed by atoms with Gasteiger partial charge in [-0.2, -0.15) is 0 Å². The fraction of sp³-hybridized carbons (Fsp3) is 0.278. The van der Waals surface area contributed by atoms with E-state index in [1.54, 1.807) is 54.6 Å². The molecule has 0 aliphatic heterocycles. The van der Waals surface area contributed by atoms with Gasteiger partial charge in [-0.05, 0) is 87.4 Å². The van der Waals surface area contributed by atoms with E-state index in [9.17, 15) is 18.0 Å². The number of anilines is 1. The van der Waals surface area contributed by atoms with E-state index < -0.39 is 34.1 Å². The smallest absolute Gasteiger partial charge is 0.264 e. The molecule has 4 aromatic rings. The molecule has 8 nitrogen and oxygen atoms in total. The predicted molar refractivity (Wildman–Crippen MR) is 183 cm³/mol. The number of rotatable bonds is 12. The Morgan fingerprint density at radius 1 is 0.870 bits per heavy atom. The molecule has 0 unspecified atom stereocenters. The summed E-state index contributed by atoms with van der Waals surface area (Å²) in [6.07, 6.45) is 0.213. The second-order valence-corrected chi connectivity index (χ2v) is 14.4. The van der Waals surface area contributed by atoms with E-state index in [1.165, 1.54) is 24.1 Å². The van der Waals surface area contributed by atoms with Gasteiger partial charge >= 0.3 is 0 Å². The molecule has 0 saturated heterocycles. The molecule has 0 radical (unpaired) electrons. The molecule has 46 heavy (non-hydrogen) atoms. The molecule has 0 saturated carbocycles. The molecule has 242 valence electrons. The van der Waals surface area contributed by atoms with Crippen molar-refractivity contribution in [3.05, 3.63) is 125 Å². The first-order valence-corrected chi connectivity index (χ1v) is 16.7. The molecule has 1 atom stereocenters. The number of halogens is 1. The van der Waals surface area contributed by atoms with Crippen molar-refractivity contribution in [2.45, 2.75) is 57.1 Å². The molecule has 0 heterocycles. The maximum Gasteiger partial charge on any atom is 0.264 e. The third-order valence-electron chi connectivity index (χ3n) is 7.26. The maximum absolute atomic E-state index is 14.6. The minimum Gasteiger partial charge on any atom is -0.497 e. The van der Waals surface area contributed by atoms with Crippen LogP contribution in [0, 0.1) is 6.92 Å². The summed E-state index contributed by atoms with van der Waals surface area (Å²) < 4.78 is 34.7. The topological polar surface area (TPSA) is 96.0 Å². The van der Waals surface area contributed by atoms with E-state index in [0.717, 1.165) is 15.4 Å². The van der Waals surface area contributed by atoms with Crippen molar-refractivity contribution in [3.8, 4) is 5.75 Å².